The van der Waals surface area contributed by atoms with Gasteiger partial charge in [0.1, 0.15) is 23.7 Å². The topological polar surface area (TPSA) is 82.6 Å². The van der Waals surface area contributed by atoms with E-state index in [1.165, 1.54) is 36.4 Å². The summed E-state index contributed by atoms with van der Waals surface area (Å²) in [5.41, 5.74) is 0.126. The van der Waals surface area contributed by atoms with Gasteiger partial charge in [-0.05, 0) is 42.8 Å². The lowest BCUT2D eigenvalue weighted by atomic mass is 9.87. The van der Waals surface area contributed by atoms with Crippen LogP contribution in [0.15, 0.2) is 66.7 Å². The molecule has 40 heavy (non-hydrogen) atoms. The normalized spacial score (nSPS) is 19.2. The summed E-state index contributed by atoms with van der Waals surface area (Å²) in [4.78, 5) is 46.7. The van der Waals surface area contributed by atoms with E-state index in [0.29, 0.717) is 0 Å². The molecule has 2 aromatic carbocycles. The summed E-state index contributed by atoms with van der Waals surface area (Å²) in [7, 11) is 0. The Morgan fingerprint density at radius 2 is 1.77 bits per heavy atom. The minimum absolute atomic E-state index is 0.00733. The molecule has 208 valence electrons. The number of benzene rings is 2. The molecule has 3 aromatic rings. The summed E-state index contributed by atoms with van der Waals surface area (Å²) in [5, 5.41) is 2.66. The number of amides is 3. The molecule has 1 saturated heterocycles. The van der Waals surface area contributed by atoms with E-state index < -0.39 is 66.4 Å². The van der Waals surface area contributed by atoms with Crippen molar-refractivity contribution in [1.29, 1.82) is 0 Å². The lowest BCUT2D eigenvalue weighted by Gasteiger charge is -2.39. The van der Waals surface area contributed by atoms with Gasteiger partial charge >= 0.3 is 0 Å². The van der Waals surface area contributed by atoms with Gasteiger partial charge in [0, 0.05) is 41.6 Å². The SMILES string of the molecule is O=C(NC1CC(F)(F)C1)[C@H](c1ccccc1Cl)N(C(=O)C1CCC(=O)N1c1cccc(F)n1)c1cccc(F)c1. The van der Waals surface area contributed by atoms with Crippen molar-refractivity contribution in [3.05, 3.63) is 89.1 Å². The van der Waals surface area contributed by atoms with Gasteiger partial charge in [0.15, 0.2) is 0 Å². The smallest absolute Gasteiger partial charge is 0.252 e. The van der Waals surface area contributed by atoms with E-state index in [-0.39, 0.29) is 34.9 Å². The highest BCUT2D eigenvalue weighted by Gasteiger charge is 2.48. The number of nitrogens with one attached hydrogen (secondary N) is 1. The number of nitrogens with zero attached hydrogens (tertiary/aromatic N) is 3. The van der Waals surface area contributed by atoms with Crippen LogP contribution in [-0.2, 0) is 14.4 Å². The Morgan fingerprint density at radius 1 is 1.05 bits per heavy atom. The molecule has 1 N–H and O–H groups in total. The fraction of sp³-hybridized carbons (Fsp3) is 0.286. The van der Waals surface area contributed by atoms with E-state index in [2.05, 4.69) is 10.3 Å². The summed E-state index contributed by atoms with van der Waals surface area (Å²) in [6, 6.07) is 11.3. The van der Waals surface area contributed by atoms with Crippen molar-refractivity contribution in [1.82, 2.24) is 10.3 Å². The Hall–Kier alpha value is -3.99. The van der Waals surface area contributed by atoms with Gasteiger partial charge in [0.2, 0.25) is 17.8 Å². The number of carbonyl (C=O) groups is 3. The molecule has 1 saturated carbocycles. The van der Waals surface area contributed by atoms with Gasteiger partial charge in [0.05, 0.1) is 0 Å². The number of pyridine rings is 1. The Kier molecular flexibility index (Phi) is 7.50. The first-order chi connectivity index (χ1) is 19.0. The molecule has 2 heterocycles. The van der Waals surface area contributed by atoms with Crippen LogP contribution in [0, 0.1) is 11.8 Å². The predicted molar refractivity (Wildman–Crippen MR) is 139 cm³/mol. The van der Waals surface area contributed by atoms with Crippen molar-refractivity contribution in [2.75, 3.05) is 9.80 Å². The van der Waals surface area contributed by atoms with E-state index in [4.69, 9.17) is 11.6 Å². The summed E-state index contributed by atoms with van der Waals surface area (Å²) < 4.78 is 55.5. The van der Waals surface area contributed by atoms with Crippen LogP contribution in [-0.4, -0.2) is 40.7 Å². The molecule has 1 aliphatic heterocycles. The maximum absolute atomic E-state index is 14.5. The van der Waals surface area contributed by atoms with Crippen molar-refractivity contribution >= 4 is 40.8 Å². The first-order valence-corrected chi connectivity index (χ1v) is 12.9. The number of alkyl halides is 2. The predicted octanol–water partition coefficient (Wildman–Crippen LogP) is 5.20. The van der Waals surface area contributed by atoms with Crippen LogP contribution in [0.4, 0.5) is 29.1 Å². The summed E-state index contributed by atoms with van der Waals surface area (Å²) >= 11 is 6.46. The highest BCUT2D eigenvalue weighted by molar-refractivity contribution is 6.31. The molecule has 0 spiro atoms. The first-order valence-electron chi connectivity index (χ1n) is 12.5. The second-order valence-corrected chi connectivity index (χ2v) is 10.1. The summed E-state index contributed by atoms with van der Waals surface area (Å²) in [6.07, 6.45) is -1.20. The fourth-order valence-corrected chi connectivity index (χ4v) is 5.30. The lowest BCUT2D eigenvalue weighted by Crippen LogP contribution is -2.56. The highest BCUT2D eigenvalue weighted by atomic mass is 35.5. The van der Waals surface area contributed by atoms with E-state index in [9.17, 15) is 31.9 Å². The van der Waals surface area contributed by atoms with Gasteiger partial charge in [-0.2, -0.15) is 4.39 Å². The maximum Gasteiger partial charge on any atom is 0.252 e. The lowest BCUT2D eigenvalue weighted by molar-refractivity contribution is -0.133. The monoisotopic (exact) mass is 574 g/mol. The average Bonchev–Trinajstić information content (AvgIpc) is 3.27. The van der Waals surface area contributed by atoms with E-state index in [1.807, 2.05) is 0 Å². The Morgan fingerprint density at radius 3 is 2.45 bits per heavy atom. The molecule has 7 nitrogen and oxygen atoms in total. The van der Waals surface area contributed by atoms with Crippen LogP contribution >= 0.6 is 11.6 Å². The second kappa shape index (κ2) is 10.9. The third kappa shape index (κ3) is 5.51. The first kappa shape index (κ1) is 27.6. The third-order valence-corrected chi connectivity index (χ3v) is 7.26. The molecule has 2 aliphatic rings. The minimum atomic E-state index is -2.92. The summed E-state index contributed by atoms with van der Waals surface area (Å²) in [5.74, 6) is -6.69. The Labute approximate surface area is 231 Å². The van der Waals surface area contributed by atoms with Gasteiger partial charge in [-0.3, -0.25) is 24.2 Å². The number of halogens is 5. The van der Waals surface area contributed by atoms with Crippen LogP contribution in [0.25, 0.3) is 0 Å². The number of hydrogen-bond acceptors (Lipinski definition) is 4. The van der Waals surface area contributed by atoms with Crippen molar-refractivity contribution in [3.8, 4) is 0 Å². The molecule has 1 unspecified atom stereocenters. The number of hydrogen-bond donors (Lipinski definition) is 1. The average molecular weight is 575 g/mol. The minimum Gasteiger partial charge on any atom is -0.351 e. The van der Waals surface area contributed by atoms with Crippen LogP contribution in [0.3, 0.4) is 0 Å². The van der Waals surface area contributed by atoms with Crippen molar-refractivity contribution in [3.63, 3.8) is 0 Å². The molecule has 1 aliphatic carbocycles. The van der Waals surface area contributed by atoms with E-state index in [0.717, 1.165) is 28.0 Å². The van der Waals surface area contributed by atoms with Gasteiger partial charge in [-0.1, -0.05) is 41.9 Å². The Bertz CT molecular complexity index is 1460. The zero-order chi connectivity index (χ0) is 28.6. The standard InChI is InChI=1S/C28H23ClF4N4O3/c29-20-8-2-1-7-19(20)25(26(39)34-17-14-28(32,33)15-17)36(18-6-3-5-16(30)13-18)27(40)21-11-12-24(38)37(21)23-10-4-9-22(31)35-23/h1-10,13,17,21,25H,11-12,14-15H2,(H,34,39)/t21?,25-/m0/s1. The number of anilines is 2. The van der Waals surface area contributed by atoms with Crippen molar-refractivity contribution < 1.29 is 31.9 Å². The molecule has 0 radical (unpaired) electrons. The zero-order valence-electron chi connectivity index (χ0n) is 20.9. The molecule has 3 amide bonds. The maximum atomic E-state index is 14.5. The van der Waals surface area contributed by atoms with Gasteiger partial charge in [-0.15, -0.1) is 0 Å². The quantitative estimate of drug-likeness (QED) is 0.311. The van der Waals surface area contributed by atoms with Crippen molar-refractivity contribution in [2.24, 2.45) is 0 Å². The Balaban J connectivity index is 1.60. The third-order valence-electron chi connectivity index (χ3n) is 6.91. The molecule has 5 rings (SSSR count). The molecular formula is C28H23ClF4N4O3. The zero-order valence-corrected chi connectivity index (χ0v) is 21.6. The second-order valence-electron chi connectivity index (χ2n) is 9.72. The van der Waals surface area contributed by atoms with E-state index in [1.54, 1.807) is 12.1 Å². The van der Waals surface area contributed by atoms with E-state index >= 15 is 0 Å². The molecule has 1 aromatic heterocycles. The molecular weight excluding hydrogens is 552 g/mol. The molecule has 12 heteroatoms. The van der Waals surface area contributed by atoms with Crippen LogP contribution in [0.5, 0.6) is 0 Å². The van der Waals surface area contributed by atoms with Crippen LogP contribution in [0.1, 0.15) is 37.3 Å². The summed E-state index contributed by atoms with van der Waals surface area (Å²) in [6.45, 7) is 0. The number of aromatic nitrogens is 1. The largest absolute Gasteiger partial charge is 0.351 e. The van der Waals surface area contributed by atoms with Crippen LogP contribution < -0.4 is 15.1 Å². The molecule has 2 atom stereocenters. The van der Waals surface area contributed by atoms with Gasteiger partial charge < -0.3 is 5.32 Å². The van der Waals surface area contributed by atoms with Crippen molar-refractivity contribution in [2.45, 2.75) is 49.7 Å². The fourth-order valence-electron chi connectivity index (χ4n) is 5.06. The van der Waals surface area contributed by atoms with Gasteiger partial charge in [-0.25, -0.2) is 18.2 Å². The number of carbonyl (C=O) groups excluding carboxylic acids is 3. The van der Waals surface area contributed by atoms with Crippen LogP contribution in [0.2, 0.25) is 5.02 Å². The van der Waals surface area contributed by atoms with Gasteiger partial charge in [0.25, 0.3) is 11.8 Å². The molecule has 2 fully saturated rings. The highest BCUT2D eigenvalue weighted by Crippen LogP contribution is 2.39. The number of rotatable bonds is 7. The molecule has 0 bridgehead atoms.